The maximum absolute atomic E-state index is 12.2. The zero-order chi connectivity index (χ0) is 20.3. The van der Waals surface area contributed by atoms with Gasteiger partial charge in [-0.3, -0.25) is 4.98 Å². The van der Waals surface area contributed by atoms with Gasteiger partial charge in [0, 0.05) is 32.1 Å². The zero-order valence-corrected chi connectivity index (χ0v) is 16.3. The van der Waals surface area contributed by atoms with Gasteiger partial charge in [-0.05, 0) is 29.8 Å². The number of urea groups is 1. The lowest BCUT2D eigenvalue weighted by molar-refractivity contribution is 0.206. The molecule has 1 aromatic carbocycles. The van der Waals surface area contributed by atoms with Crippen molar-refractivity contribution in [3.63, 3.8) is 0 Å². The number of rotatable bonds is 9. The van der Waals surface area contributed by atoms with Crippen LogP contribution in [0, 0.1) is 0 Å². The second-order valence-corrected chi connectivity index (χ2v) is 6.35. The van der Waals surface area contributed by atoms with Crippen LogP contribution in [-0.2, 0) is 13.1 Å². The largest absolute Gasteiger partial charge is 0.490 e. The van der Waals surface area contributed by atoms with Crippen LogP contribution in [0.25, 0.3) is 0 Å². The average molecular weight is 392 g/mol. The summed E-state index contributed by atoms with van der Waals surface area (Å²) >= 11 is 0. The quantitative estimate of drug-likeness (QED) is 0.566. The number of ether oxygens (including phenoxy) is 2. The van der Waals surface area contributed by atoms with E-state index >= 15 is 0 Å². The lowest BCUT2D eigenvalue weighted by Crippen LogP contribution is -2.36. The Morgan fingerprint density at radius 1 is 0.966 bits per heavy atom. The average Bonchev–Trinajstić information content (AvgIpc) is 2.77. The Hall–Kier alpha value is -3.61. The first kappa shape index (κ1) is 20.1. The number of nitrogens with zero attached hydrogens (tertiary/aromatic N) is 3. The Labute approximate surface area is 170 Å². The molecule has 2 aromatic heterocycles. The van der Waals surface area contributed by atoms with Crippen molar-refractivity contribution in [1.29, 1.82) is 0 Å². The molecule has 0 radical (unpaired) electrons. The molecule has 0 unspecified atom stereocenters. The molecule has 0 fully saturated rings. The van der Waals surface area contributed by atoms with E-state index in [9.17, 15) is 4.79 Å². The molecule has 0 atom stereocenters. The summed E-state index contributed by atoms with van der Waals surface area (Å²) in [4.78, 5) is 22.3. The highest BCUT2D eigenvalue weighted by molar-refractivity contribution is 5.73. The molecule has 7 nitrogen and oxygen atoms in total. The van der Waals surface area contributed by atoms with Crippen LogP contribution in [0.2, 0.25) is 0 Å². The SMILES string of the molecule is CN(Cc1ccccn1)C(=O)NCc1ccc(OCCOc2ccccc2)nc1. The molecule has 0 aliphatic heterocycles. The van der Waals surface area contributed by atoms with Crippen molar-refractivity contribution in [3.05, 3.63) is 84.3 Å². The highest BCUT2D eigenvalue weighted by Crippen LogP contribution is 2.10. The minimum atomic E-state index is -0.172. The van der Waals surface area contributed by atoms with E-state index in [1.807, 2.05) is 54.6 Å². The molecule has 0 saturated heterocycles. The standard InChI is InChI=1S/C22H24N4O3/c1-26(17-19-7-5-6-12-23-19)22(27)25-16-18-10-11-21(24-15-18)29-14-13-28-20-8-3-2-4-9-20/h2-12,15H,13-14,16-17H2,1H3,(H,25,27). The van der Waals surface area contributed by atoms with Gasteiger partial charge in [0.2, 0.25) is 5.88 Å². The number of amides is 2. The van der Waals surface area contributed by atoms with Gasteiger partial charge in [-0.1, -0.05) is 30.3 Å². The second kappa shape index (κ2) is 10.7. The third-order valence-corrected chi connectivity index (χ3v) is 4.06. The first-order chi connectivity index (χ1) is 14.2. The second-order valence-electron chi connectivity index (χ2n) is 6.35. The number of aromatic nitrogens is 2. The van der Waals surface area contributed by atoms with Gasteiger partial charge in [0.1, 0.15) is 19.0 Å². The first-order valence-corrected chi connectivity index (χ1v) is 9.35. The Kier molecular flexibility index (Phi) is 7.40. The highest BCUT2D eigenvalue weighted by atomic mass is 16.5. The van der Waals surface area contributed by atoms with Crippen LogP contribution in [0.15, 0.2) is 73.1 Å². The van der Waals surface area contributed by atoms with Crippen molar-refractivity contribution in [2.45, 2.75) is 13.1 Å². The van der Waals surface area contributed by atoms with E-state index in [1.54, 1.807) is 30.4 Å². The maximum Gasteiger partial charge on any atom is 0.317 e. The van der Waals surface area contributed by atoms with Gasteiger partial charge < -0.3 is 19.7 Å². The summed E-state index contributed by atoms with van der Waals surface area (Å²) in [5, 5.41) is 2.87. The van der Waals surface area contributed by atoms with E-state index in [0.717, 1.165) is 17.0 Å². The molecule has 2 heterocycles. The van der Waals surface area contributed by atoms with Crippen LogP contribution in [0.5, 0.6) is 11.6 Å². The van der Waals surface area contributed by atoms with E-state index in [-0.39, 0.29) is 6.03 Å². The summed E-state index contributed by atoms with van der Waals surface area (Å²) in [7, 11) is 1.73. The fraction of sp³-hybridized carbons (Fsp3) is 0.227. The molecular formula is C22H24N4O3. The van der Waals surface area contributed by atoms with Crippen molar-refractivity contribution in [1.82, 2.24) is 20.2 Å². The molecule has 0 aliphatic rings. The molecular weight excluding hydrogens is 368 g/mol. The number of carbonyl (C=O) groups excluding carboxylic acids is 1. The number of benzene rings is 1. The highest BCUT2D eigenvalue weighted by Gasteiger charge is 2.09. The number of pyridine rings is 2. The fourth-order valence-electron chi connectivity index (χ4n) is 2.54. The molecule has 7 heteroatoms. The Bertz CT molecular complexity index is 874. The summed E-state index contributed by atoms with van der Waals surface area (Å²) in [6.07, 6.45) is 3.40. The third-order valence-electron chi connectivity index (χ3n) is 4.06. The van der Waals surface area contributed by atoms with Gasteiger partial charge in [-0.15, -0.1) is 0 Å². The van der Waals surface area contributed by atoms with Crippen LogP contribution < -0.4 is 14.8 Å². The van der Waals surface area contributed by atoms with Crippen LogP contribution in [-0.4, -0.2) is 41.2 Å². The minimum absolute atomic E-state index is 0.172. The van der Waals surface area contributed by atoms with Crippen molar-refractivity contribution < 1.29 is 14.3 Å². The number of nitrogens with one attached hydrogen (secondary N) is 1. The molecule has 0 saturated carbocycles. The van der Waals surface area contributed by atoms with Crippen LogP contribution in [0.4, 0.5) is 4.79 Å². The fourth-order valence-corrected chi connectivity index (χ4v) is 2.54. The Morgan fingerprint density at radius 2 is 1.76 bits per heavy atom. The zero-order valence-electron chi connectivity index (χ0n) is 16.3. The smallest absolute Gasteiger partial charge is 0.317 e. The van der Waals surface area contributed by atoms with Gasteiger partial charge in [0.15, 0.2) is 0 Å². The monoisotopic (exact) mass is 392 g/mol. The summed E-state index contributed by atoms with van der Waals surface area (Å²) in [6.45, 7) is 1.67. The van der Waals surface area contributed by atoms with E-state index in [1.165, 1.54) is 0 Å². The van der Waals surface area contributed by atoms with Gasteiger partial charge >= 0.3 is 6.03 Å². The van der Waals surface area contributed by atoms with E-state index in [0.29, 0.717) is 32.2 Å². The van der Waals surface area contributed by atoms with Gasteiger partial charge in [0.25, 0.3) is 0 Å². The minimum Gasteiger partial charge on any atom is -0.490 e. The molecule has 0 spiro atoms. The number of hydrogen-bond acceptors (Lipinski definition) is 5. The van der Waals surface area contributed by atoms with Gasteiger partial charge in [-0.2, -0.15) is 0 Å². The molecule has 3 aromatic rings. The topological polar surface area (TPSA) is 76.6 Å². The molecule has 3 rings (SSSR count). The molecule has 150 valence electrons. The van der Waals surface area contributed by atoms with E-state index in [2.05, 4.69) is 15.3 Å². The summed E-state index contributed by atoms with van der Waals surface area (Å²) in [5.41, 5.74) is 1.72. The van der Waals surface area contributed by atoms with Crippen molar-refractivity contribution in [3.8, 4) is 11.6 Å². The van der Waals surface area contributed by atoms with Crippen molar-refractivity contribution in [2.24, 2.45) is 0 Å². The first-order valence-electron chi connectivity index (χ1n) is 9.35. The number of carbonyl (C=O) groups is 1. The maximum atomic E-state index is 12.2. The molecule has 29 heavy (non-hydrogen) atoms. The van der Waals surface area contributed by atoms with E-state index in [4.69, 9.17) is 9.47 Å². The van der Waals surface area contributed by atoms with E-state index < -0.39 is 0 Å². The summed E-state index contributed by atoms with van der Waals surface area (Å²) < 4.78 is 11.1. The lowest BCUT2D eigenvalue weighted by atomic mass is 10.3. The van der Waals surface area contributed by atoms with Gasteiger partial charge in [-0.25, -0.2) is 9.78 Å². The van der Waals surface area contributed by atoms with Crippen molar-refractivity contribution in [2.75, 3.05) is 20.3 Å². The molecule has 1 N–H and O–H groups in total. The lowest BCUT2D eigenvalue weighted by Gasteiger charge is -2.17. The van der Waals surface area contributed by atoms with Crippen LogP contribution >= 0.6 is 0 Å². The normalized spacial score (nSPS) is 10.2. The predicted octanol–water partition coefficient (Wildman–Crippen LogP) is 3.28. The Morgan fingerprint density at radius 3 is 2.48 bits per heavy atom. The molecule has 0 aliphatic carbocycles. The van der Waals surface area contributed by atoms with Crippen LogP contribution in [0.3, 0.4) is 0 Å². The van der Waals surface area contributed by atoms with Gasteiger partial charge in [0.05, 0.1) is 12.2 Å². The molecule has 0 bridgehead atoms. The predicted molar refractivity (Wildman–Crippen MR) is 110 cm³/mol. The van der Waals surface area contributed by atoms with Crippen LogP contribution in [0.1, 0.15) is 11.3 Å². The summed E-state index contributed by atoms with van der Waals surface area (Å²) in [6, 6.07) is 18.7. The number of para-hydroxylation sites is 1. The third kappa shape index (κ3) is 6.80. The molecule has 2 amide bonds. The van der Waals surface area contributed by atoms with Crippen molar-refractivity contribution >= 4 is 6.03 Å². The Balaban J connectivity index is 1.36. The summed E-state index contributed by atoms with van der Waals surface area (Å²) in [5.74, 6) is 1.33. The number of hydrogen-bond donors (Lipinski definition) is 1.